The fourth-order valence-electron chi connectivity index (χ4n) is 2.07. The summed E-state index contributed by atoms with van der Waals surface area (Å²) in [6.45, 7) is 3.46. The Morgan fingerprint density at radius 3 is 3.00 bits per heavy atom. The van der Waals surface area contributed by atoms with Gasteiger partial charge >= 0.3 is 0 Å². The van der Waals surface area contributed by atoms with Crippen LogP contribution in [0.2, 0.25) is 0 Å². The first kappa shape index (κ1) is 13.6. The van der Waals surface area contributed by atoms with Gasteiger partial charge in [-0.05, 0) is 34.1 Å². The summed E-state index contributed by atoms with van der Waals surface area (Å²) in [6, 6.07) is 6.50. The maximum Gasteiger partial charge on any atom is 0.133 e. The third kappa shape index (κ3) is 3.37. The zero-order chi connectivity index (χ0) is 13.0. The molecule has 0 amide bonds. The number of ether oxygens (including phenoxy) is 2. The number of hydrogen-bond acceptors (Lipinski definition) is 4. The Hall–Kier alpha value is -0.780. The average molecular weight is 315 g/mol. The van der Waals surface area contributed by atoms with Crippen LogP contribution in [0.15, 0.2) is 22.7 Å². The number of halogens is 1. The zero-order valence-electron chi connectivity index (χ0n) is 10.8. The maximum absolute atomic E-state index is 5.46. The molecule has 1 aliphatic rings. The number of nitrogens with zero attached hydrogens (tertiary/aromatic N) is 1. The van der Waals surface area contributed by atoms with Crippen molar-refractivity contribution in [2.24, 2.45) is 0 Å². The van der Waals surface area contributed by atoms with E-state index in [1.165, 1.54) is 0 Å². The quantitative estimate of drug-likeness (QED) is 0.920. The molecule has 1 unspecified atom stereocenters. The fraction of sp³-hybridized carbons (Fsp3) is 0.538. The Kier molecular flexibility index (Phi) is 4.86. The van der Waals surface area contributed by atoms with Crippen molar-refractivity contribution >= 4 is 21.6 Å². The number of morpholine rings is 1. The lowest BCUT2D eigenvalue weighted by Crippen LogP contribution is -2.47. The van der Waals surface area contributed by atoms with Gasteiger partial charge in [0.15, 0.2) is 0 Å². The van der Waals surface area contributed by atoms with E-state index in [1.807, 2.05) is 6.07 Å². The molecule has 1 saturated heterocycles. The van der Waals surface area contributed by atoms with E-state index in [0.29, 0.717) is 6.04 Å². The van der Waals surface area contributed by atoms with Gasteiger partial charge in [0.05, 0.1) is 24.8 Å². The first-order valence-corrected chi connectivity index (χ1v) is 6.86. The molecule has 1 aromatic carbocycles. The van der Waals surface area contributed by atoms with Gasteiger partial charge in [-0.2, -0.15) is 0 Å². The largest absolute Gasteiger partial charge is 0.496 e. The van der Waals surface area contributed by atoms with E-state index in [9.17, 15) is 0 Å². The number of rotatable bonds is 4. The topological polar surface area (TPSA) is 33.7 Å². The lowest BCUT2D eigenvalue weighted by Gasteiger charge is -2.29. The van der Waals surface area contributed by atoms with Crippen LogP contribution in [0.5, 0.6) is 5.75 Å². The van der Waals surface area contributed by atoms with Crippen LogP contribution in [0.3, 0.4) is 0 Å². The summed E-state index contributed by atoms with van der Waals surface area (Å²) in [5.41, 5.74) is 1.16. The number of likely N-dealkylation sites (N-methyl/N-ethyl adjacent to an activating group) is 1. The molecule has 1 fully saturated rings. The SMILES string of the molecule is COc1ccc(N(C)CC2COCCN2)cc1Br. The summed E-state index contributed by atoms with van der Waals surface area (Å²) >= 11 is 3.51. The second-order valence-corrected chi connectivity index (χ2v) is 5.28. The smallest absolute Gasteiger partial charge is 0.133 e. The lowest BCUT2D eigenvalue weighted by atomic mass is 10.2. The number of anilines is 1. The van der Waals surface area contributed by atoms with E-state index in [0.717, 1.165) is 42.2 Å². The summed E-state index contributed by atoms with van der Waals surface area (Å²) in [5, 5.41) is 3.45. The van der Waals surface area contributed by atoms with Gasteiger partial charge in [0.25, 0.3) is 0 Å². The van der Waals surface area contributed by atoms with Gasteiger partial charge in [0.1, 0.15) is 5.75 Å². The minimum Gasteiger partial charge on any atom is -0.496 e. The van der Waals surface area contributed by atoms with Crippen LogP contribution >= 0.6 is 15.9 Å². The number of benzene rings is 1. The molecule has 0 radical (unpaired) electrons. The molecule has 0 aromatic heterocycles. The van der Waals surface area contributed by atoms with Crippen molar-refractivity contribution in [3.05, 3.63) is 22.7 Å². The van der Waals surface area contributed by atoms with E-state index >= 15 is 0 Å². The number of nitrogens with one attached hydrogen (secondary N) is 1. The molecule has 1 aliphatic heterocycles. The highest BCUT2D eigenvalue weighted by atomic mass is 79.9. The molecular weight excluding hydrogens is 296 g/mol. The Morgan fingerprint density at radius 1 is 1.56 bits per heavy atom. The maximum atomic E-state index is 5.46. The lowest BCUT2D eigenvalue weighted by molar-refractivity contribution is 0.0791. The van der Waals surface area contributed by atoms with Gasteiger partial charge < -0.3 is 19.7 Å². The predicted octanol–water partition coefficient (Wildman–Crippen LogP) is 1.88. The molecule has 1 N–H and O–H groups in total. The summed E-state index contributed by atoms with van der Waals surface area (Å²) < 4.78 is 11.7. The second kappa shape index (κ2) is 6.41. The highest BCUT2D eigenvalue weighted by Crippen LogP contribution is 2.29. The van der Waals surface area contributed by atoms with E-state index in [1.54, 1.807) is 7.11 Å². The minimum atomic E-state index is 0.393. The Morgan fingerprint density at radius 2 is 2.39 bits per heavy atom. The van der Waals surface area contributed by atoms with E-state index in [4.69, 9.17) is 9.47 Å². The van der Waals surface area contributed by atoms with Gasteiger partial charge in [-0.15, -0.1) is 0 Å². The van der Waals surface area contributed by atoms with Crippen LogP contribution < -0.4 is 15.0 Å². The standard InChI is InChI=1S/C13H19BrN2O2/c1-16(8-10-9-18-6-5-15-10)11-3-4-13(17-2)12(14)7-11/h3-4,7,10,15H,5-6,8-9H2,1-2H3. The van der Waals surface area contributed by atoms with Gasteiger partial charge in [-0.1, -0.05) is 0 Å². The van der Waals surface area contributed by atoms with Crippen molar-refractivity contribution < 1.29 is 9.47 Å². The predicted molar refractivity (Wildman–Crippen MR) is 76.6 cm³/mol. The molecule has 5 heteroatoms. The third-order valence-electron chi connectivity index (χ3n) is 3.07. The minimum absolute atomic E-state index is 0.393. The first-order chi connectivity index (χ1) is 8.70. The molecule has 1 atom stereocenters. The van der Waals surface area contributed by atoms with Gasteiger partial charge in [-0.3, -0.25) is 0 Å². The molecule has 0 bridgehead atoms. The molecule has 1 aromatic rings. The Bertz CT molecular complexity index is 395. The molecule has 4 nitrogen and oxygen atoms in total. The van der Waals surface area contributed by atoms with Gasteiger partial charge in [0, 0.05) is 31.9 Å². The summed E-state index contributed by atoms with van der Waals surface area (Å²) in [5.74, 6) is 0.853. The molecule has 100 valence electrons. The van der Waals surface area contributed by atoms with Crippen LogP contribution in [0.4, 0.5) is 5.69 Å². The zero-order valence-corrected chi connectivity index (χ0v) is 12.4. The van der Waals surface area contributed by atoms with Crippen LogP contribution in [-0.4, -0.2) is 46.5 Å². The van der Waals surface area contributed by atoms with Gasteiger partial charge in [-0.25, -0.2) is 0 Å². The van der Waals surface area contributed by atoms with Crippen LogP contribution in [0, 0.1) is 0 Å². The average Bonchev–Trinajstić information content (AvgIpc) is 2.39. The number of hydrogen-bond donors (Lipinski definition) is 1. The van der Waals surface area contributed by atoms with E-state index < -0.39 is 0 Å². The van der Waals surface area contributed by atoms with Crippen molar-refractivity contribution in [1.29, 1.82) is 0 Å². The molecule has 2 rings (SSSR count). The van der Waals surface area contributed by atoms with Crippen molar-refractivity contribution in [2.45, 2.75) is 6.04 Å². The van der Waals surface area contributed by atoms with Crippen molar-refractivity contribution in [3.8, 4) is 5.75 Å². The monoisotopic (exact) mass is 314 g/mol. The summed E-state index contributed by atoms with van der Waals surface area (Å²) in [7, 11) is 3.76. The van der Waals surface area contributed by atoms with Crippen molar-refractivity contribution in [3.63, 3.8) is 0 Å². The second-order valence-electron chi connectivity index (χ2n) is 4.43. The van der Waals surface area contributed by atoms with Crippen molar-refractivity contribution in [2.75, 3.05) is 45.4 Å². The highest BCUT2D eigenvalue weighted by Gasteiger charge is 2.15. The van der Waals surface area contributed by atoms with E-state index in [-0.39, 0.29) is 0 Å². The Labute approximate surface area is 116 Å². The number of methoxy groups -OCH3 is 1. The molecule has 0 spiro atoms. The molecule has 1 heterocycles. The summed E-state index contributed by atoms with van der Waals surface area (Å²) in [4.78, 5) is 2.22. The molecule has 18 heavy (non-hydrogen) atoms. The normalized spacial score (nSPS) is 19.6. The first-order valence-electron chi connectivity index (χ1n) is 6.06. The fourth-order valence-corrected chi connectivity index (χ4v) is 2.59. The van der Waals surface area contributed by atoms with Crippen LogP contribution in [0.25, 0.3) is 0 Å². The van der Waals surface area contributed by atoms with Crippen LogP contribution in [0.1, 0.15) is 0 Å². The summed E-state index contributed by atoms with van der Waals surface area (Å²) in [6.07, 6.45) is 0. The van der Waals surface area contributed by atoms with E-state index in [2.05, 4.69) is 45.3 Å². The van der Waals surface area contributed by atoms with Crippen molar-refractivity contribution in [1.82, 2.24) is 5.32 Å². The Balaban J connectivity index is 1.99. The highest BCUT2D eigenvalue weighted by molar-refractivity contribution is 9.10. The third-order valence-corrected chi connectivity index (χ3v) is 3.69. The molecular formula is C13H19BrN2O2. The van der Waals surface area contributed by atoms with Gasteiger partial charge in [0.2, 0.25) is 0 Å². The van der Waals surface area contributed by atoms with Crippen LogP contribution in [-0.2, 0) is 4.74 Å². The molecule has 0 aliphatic carbocycles. The molecule has 0 saturated carbocycles.